The number of aryl methyl sites for hydroxylation is 1. The van der Waals surface area contributed by atoms with Crippen LogP contribution in [0.2, 0.25) is 0 Å². The summed E-state index contributed by atoms with van der Waals surface area (Å²) >= 11 is 9.02. The van der Waals surface area contributed by atoms with E-state index < -0.39 is 11.3 Å². The summed E-state index contributed by atoms with van der Waals surface area (Å²) in [6.45, 7) is 0.00781. The first-order valence-corrected chi connectivity index (χ1v) is 9.08. The molecule has 0 saturated heterocycles. The third-order valence-electron chi connectivity index (χ3n) is 2.68. The molecule has 0 radical (unpaired) electrons. The molecule has 1 aromatic carbocycles. The number of aromatic nitrogens is 2. The number of nitrogens with zero attached hydrogens (tertiary/aromatic N) is 2. The van der Waals surface area contributed by atoms with Gasteiger partial charge in [-0.25, -0.2) is 18.3 Å². The Hall–Kier alpha value is -0.000000000000000111. The molecule has 0 aliphatic carbocycles. The van der Waals surface area contributed by atoms with Gasteiger partial charge in [-0.05, 0) is 65.5 Å². The summed E-state index contributed by atoms with van der Waals surface area (Å²) < 4.78 is 24.7. The lowest BCUT2D eigenvalue weighted by Crippen LogP contribution is -2.21. The molecular formula is C10H9Br3N2O4S. The first-order chi connectivity index (χ1) is 9.18. The van der Waals surface area contributed by atoms with Crippen LogP contribution in [0.3, 0.4) is 0 Å². The molecule has 0 spiro atoms. The Morgan fingerprint density at radius 1 is 1.40 bits per heavy atom. The van der Waals surface area contributed by atoms with E-state index in [0.717, 1.165) is 0 Å². The molecule has 10 heteroatoms. The van der Waals surface area contributed by atoms with Crippen LogP contribution in [0.4, 0.5) is 0 Å². The molecule has 0 atom stereocenters. The van der Waals surface area contributed by atoms with E-state index in [1.54, 1.807) is 25.2 Å². The zero-order chi connectivity index (χ0) is 15.1. The maximum atomic E-state index is 12.4. The zero-order valence-electron chi connectivity index (χ0n) is 10.0. The van der Waals surface area contributed by atoms with Crippen molar-refractivity contribution in [3.05, 3.63) is 23.8 Å². The van der Waals surface area contributed by atoms with Gasteiger partial charge < -0.3 is 4.57 Å². The van der Waals surface area contributed by atoms with E-state index >= 15 is 0 Å². The predicted octanol–water partition coefficient (Wildman–Crippen LogP) is 3.13. The highest BCUT2D eigenvalue weighted by molar-refractivity contribution is 9.42. The average Bonchev–Trinajstić information content (AvgIpc) is 2.66. The van der Waals surface area contributed by atoms with Gasteiger partial charge in [0.2, 0.25) is 16.5 Å². The fraction of sp³-hybridized carbons (Fsp3) is 0.300. The number of imidazole rings is 1. The Balaban J connectivity index is 2.66. The van der Waals surface area contributed by atoms with E-state index in [2.05, 4.69) is 57.7 Å². The van der Waals surface area contributed by atoms with Crippen LogP contribution in [0.15, 0.2) is 23.4 Å². The van der Waals surface area contributed by atoms with Gasteiger partial charge in [0.05, 0.1) is 11.0 Å². The molecule has 0 unspecified atom stereocenters. The summed E-state index contributed by atoms with van der Waals surface area (Å²) in [5.74, 6) is 0. The molecule has 2 aromatic rings. The van der Waals surface area contributed by atoms with Crippen LogP contribution >= 0.6 is 47.8 Å². The van der Waals surface area contributed by atoms with Crippen LogP contribution in [0, 0.1) is 0 Å². The quantitative estimate of drug-likeness (QED) is 0.404. The van der Waals surface area contributed by atoms with Gasteiger partial charge in [0.15, 0.2) is 0 Å². The van der Waals surface area contributed by atoms with Crippen LogP contribution in [0.5, 0.6) is 0 Å². The number of halogens is 3. The van der Waals surface area contributed by atoms with Gasteiger partial charge in [-0.1, -0.05) is 6.07 Å². The second-order valence-corrected chi connectivity index (χ2v) is 14.3. The normalized spacial score (nSPS) is 13.1. The van der Waals surface area contributed by atoms with E-state index in [9.17, 15) is 8.42 Å². The third-order valence-corrected chi connectivity index (χ3v) is 7.97. The van der Waals surface area contributed by atoms with Crippen molar-refractivity contribution in [1.82, 2.24) is 9.55 Å². The maximum absolute atomic E-state index is 12.4. The average molecular weight is 493 g/mol. The SMILES string of the molecule is Cn1c(S(=O)(=O)C(Br)(Br)Br)nc2cc(COO)ccc21. The summed E-state index contributed by atoms with van der Waals surface area (Å²) in [6.07, 6.45) is 0. The minimum Gasteiger partial charge on any atom is -0.318 e. The number of hydrogen-bond donors (Lipinski definition) is 1. The van der Waals surface area contributed by atoms with Gasteiger partial charge in [-0.3, -0.25) is 5.26 Å². The van der Waals surface area contributed by atoms with Gasteiger partial charge in [0.25, 0.3) is 0 Å². The Kier molecular flexibility index (Phi) is 4.63. The van der Waals surface area contributed by atoms with Crippen molar-refractivity contribution in [3.63, 3.8) is 0 Å². The molecule has 6 nitrogen and oxygen atoms in total. The number of benzene rings is 1. The Morgan fingerprint density at radius 2 is 2.05 bits per heavy atom. The van der Waals surface area contributed by atoms with Crippen molar-refractivity contribution in [3.8, 4) is 0 Å². The standard InChI is InChI=1S/C10H9Br3N2O4S/c1-15-8-3-2-6(5-19-16)4-7(8)14-9(15)20(17,18)10(11,12)13/h2-4,16H,5H2,1H3. The Labute approximate surface area is 140 Å². The third kappa shape index (κ3) is 2.81. The van der Waals surface area contributed by atoms with Crippen molar-refractivity contribution in [2.75, 3.05) is 0 Å². The highest BCUT2D eigenvalue weighted by Gasteiger charge is 2.40. The lowest BCUT2D eigenvalue weighted by atomic mass is 10.2. The fourth-order valence-electron chi connectivity index (χ4n) is 1.73. The molecule has 1 heterocycles. The Bertz CT molecular complexity index is 752. The van der Waals surface area contributed by atoms with Crippen molar-refractivity contribution >= 4 is 68.7 Å². The lowest BCUT2D eigenvalue weighted by molar-refractivity contribution is -0.252. The second kappa shape index (κ2) is 5.65. The second-order valence-electron chi connectivity index (χ2n) is 4.00. The van der Waals surface area contributed by atoms with Crippen LogP contribution in [0.1, 0.15) is 5.56 Å². The van der Waals surface area contributed by atoms with Crippen LogP contribution in [-0.2, 0) is 28.4 Å². The minimum atomic E-state index is -3.77. The number of hydrogen-bond acceptors (Lipinski definition) is 5. The van der Waals surface area contributed by atoms with E-state index in [1.807, 2.05) is 0 Å². The zero-order valence-corrected chi connectivity index (χ0v) is 15.6. The number of alkyl halides is 3. The maximum Gasteiger partial charge on any atom is 0.247 e. The molecule has 0 saturated carbocycles. The Morgan fingerprint density at radius 3 is 2.60 bits per heavy atom. The molecule has 0 bridgehead atoms. The molecule has 0 aliphatic heterocycles. The lowest BCUT2D eigenvalue weighted by Gasteiger charge is -2.12. The van der Waals surface area contributed by atoms with Gasteiger partial charge in [0.1, 0.15) is 6.61 Å². The minimum absolute atomic E-state index is 0.00781. The first-order valence-electron chi connectivity index (χ1n) is 5.21. The molecule has 20 heavy (non-hydrogen) atoms. The molecule has 0 amide bonds. The van der Waals surface area contributed by atoms with Gasteiger partial charge >= 0.3 is 0 Å². The van der Waals surface area contributed by atoms with Gasteiger partial charge in [0, 0.05) is 7.05 Å². The molecule has 110 valence electrons. The highest BCUT2D eigenvalue weighted by Crippen LogP contribution is 2.43. The smallest absolute Gasteiger partial charge is 0.247 e. The molecule has 1 N–H and O–H groups in total. The first kappa shape index (κ1) is 16.4. The summed E-state index contributed by atoms with van der Waals surface area (Å²) in [4.78, 5) is 8.20. The van der Waals surface area contributed by atoms with Crippen LogP contribution < -0.4 is 0 Å². The number of rotatable bonds is 3. The molecule has 1 aromatic heterocycles. The van der Waals surface area contributed by atoms with Crippen molar-refractivity contribution < 1.29 is 18.6 Å². The molecular weight excluding hydrogens is 484 g/mol. The van der Waals surface area contributed by atoms with E-state index in [-0.39, 0.29) is 11.8 Å². The predicted molar refractivity (Wildman–Crippen MR) is 84.8 cm³/mol. The van der Waals surface area contributed by atoms with E-state index in [1.165, 1.54) is 4.57 Å². The summed E-state index contributed by atoms with van der Waals surface area (Å²) in [6, 6.07) is 5.09. The van der Waals surface area contributed by atoms with E-state index in [4.69, 9.17) is 5.26 Å². The fourth-order valence-corrected chi connectivity index (χ4v) is 3.92. The van der Waals surface area contributed by atoms with Crippen molar-refractivity contribution in [2.45, 2.75) is 13.2 Å². The monoisotopic (exact) mass is 490 g/mol. The van der Waals surface area contributed by atoms with Crippen LogP contribution in [0.25, 0.3) is 11.0 Å². The van der Waals surface area contributed by atoms with Gasteiger partial charge in [-0.15, -0.1) is 0 Å². The summed E-state index contributed by atoms with van der Waals surface area (Å²) in [5, 5.41) is 8.35. The molecule has 0 fully saturated rings. The topological polar surface area (TPSA) is 81.4 Å². The largest absolute Gasteiger partial charge is 0.318 e. The molecule has 0 aliphatic rings. The van der Waals surface area contributed by atoms with Gasteiger partial charge in [-0.2, -0.15) is 0 Å². The highest BCUT2D eigenvalue weighted by atomic mass is 80.0. The van der Waals surface area contributed by atoms with Crippen molar-refractivity contribution in [1.29, 1.82) is 0 Å². The van der Waals surface area contributed by atoms with E-state index in [0.29, 0.717) is 16.6 Å². The summed E-state index contributed by atoms with van der Waals surface area (Å²) in [5.41, 5.74) is 1.84. The number of sulfone groups is 1. The number of fused-ring (bicyclic) bond motifs is 1. The van der Waals surface area contributed by atoms with Crippen molar-refractivity contribution in [2.24, 2.45) is 7.05 Å². The summed E-state index contributed by atoms with van der Waals surface area (Å²) in [7, 11) is -2.16. The van der Waals surface area contributed by atoms with Crippen LogP contribution in [-0.4, -0.2) is 24.7 Å². The molecule has 2 rings (SSSR count).